The van der Waals surface area contributed by atoms with E-state index in [0.717, 1.165) is 51.5 Å². The summed E-state index contributed by atoms with van der Waals surface area (Å²) in [5.74, 6) is 0.838. The van der Waals surface area contributed by atoms with Crippen molar-refractivity contribution in [2.75, 3.05) is 52.3 Å². The Kier molecular flexibility index (Phi) is 7.19. The molecule has 2 fully saturated rings. The molecule has 0 aromatic heterocycles. The van der Waals surface area contributed by atoms with Crippen molar-refractivity contribution in [1.82, 2.24) is 10.2 Å². The molecule has 1 N–H and O–H groups in total. The largest absolute Gasteiger partial charge is 0.381 e. The Morgan fingerprint density at radius 2 is 2.12 bits per heavy atom. The number of hydrogen-bond donors (Lipinski definition) is 1. The van der Waals surface area contributed by atoms with E-state index in [2.05, 4.69) is 10.2 Å². The van der Waals surface area contributed by atoms with Crippen LogP contribution in [0, 0.1) is 5.92 Å². The van der Waals surface area contributed by atoms with Crippen LogP contribution in [0.3, 0.4) is 0 Å². The van der Waals surface area contributed by atoms with Crippen molar-refractivity contribution in [3.8, 4) is 0 Å². The van der Waals surface area contributed by atoms with E-state index < -0.39 is 10.8 Å². The fraction of sp³-hybridized carbons (Fsp3) is 0.632. The molecule has 2 aliphatic rings. The standard InChI is InChI=1S/C19H28N2O4S/c1-26(23)14-15-3-2-4-16(11-15)19(22)20-12-18(17-5-8-25-13-17)21-6-9-24-10-7-21/h2-4,11,17-18H,5-10,12-14H2,1H3,(H,20,22). The van der Waals surface area contributed by atoms with Gasteiger partial charge in [0.25, 0.3) is 5.91 Å². The molecule has 1 aromatic rings. The van der Waals surface area contributed by atoms with Crippen molar-refractivity contribution in [1.29, 1.82) is 0 Å². The Balaban J connectivity index is 1.62. The van der Waals surface area contributed by atoms with Crippen LogP contribution < -0.4 is 5.32 Å². The summed E-state index contributed by atoms with van der Waals surface area (Å²) in [6.45, 7) is 5.45. The molecule has 1 amide bonds. The van der Waals surface area contributed by atoms with Crippen LogP contribution in [0.2, 0.25) is 0 Å². The molecule has 144 valence electrons. The van der Waals surface area contributed by atoms with Crippen molar-refractivity contribution < 1.29 is 18.5 Å². The van der Waals surface area contributed by atoms with Gasteiger partial charge in [0, 0.05) is 66.6 Å². The highest BCUT2D eigenvalue weighted by molar-refractivity contribution is 7.83. The average Bonchev–Trinajstić information content (AvgIpc) is 3.17. The first-order chi connectivity index (χ1) is 12.6. The lowest BCUT2D eigenvalue weighted by Gasteiger charge is -2.37. The zero-order chi connectivity index (χ0) is 18.4. The Morgan fingerprint density at radius 1 is 1.31 bits per heavy atom. The minimum atomic E-state index is -0.918. The summed E-state index contributed by atoms with van der Waals surface area (Å²) in [5, 5.41) is 3.10. The number of ether oxygens (including phenoxy) is 2. The van der Waals surface area contributed by atoms with Gasteiger partial charge in [0.15, 0.2) is 0 Å². The SMILES string of the molecule is CS(=O)Cc1cccc(C(=O)NCC(C2CCOC2)N2CCOCC2)c1. The fourth-order valence-corrected chi connectivity index (χ4v) is 4.34. The second-order valence-electron chi connectivity index (χ2n) is 6.97. The zero-order valence-electron chi connectivity index (χ0n) is 15.3. The molecule has 1 aromatic carbocycles. The fourth-order valence-electron chi connectivity index (χ4n) is 3.70. The van der Waals surface area contributed by atoms with Crippen LogP contribution in [0.25, 0.3) is 0 Å². The van der Waals surface area contributed by atoms with Gasteiger partial charge in [0.1, 0.15) is 0 Å². The van der Waals surface area contributed by atoms with E-state index in [1.807, 2.05) is 18.2 Å². The normalized spacial score (nSPS) is 23.5. The molecular formula is C19H28N2O4S. The number of carbonyl (C=O) groups excluding carboxylic acids is 1. The highest BCUT2D eigenvalue weighted by atomic mass is 32.2. The van der Waals surface area contributed by atoms with Gasteiger partial charge in [-0.3, -0.25) is 13.9 Å². The Bertz CT molecular complexity index is 628. The average molecular weight is 381 g/mol. The van der Waals surface area contributed by atoms with Crippen LogP contribution in [-0.2, 0) is 26.0 Å². The lowest BCUT2D eigenvalue weighted by Crippen LogP contribution is -2.52. The van der Waals surface area contributed by atoms with E-state index in [0.29, 0.717) is 23.8 Å². The second kappa shape index (κ2) is 9.60. The molecule has 0 spiro atoms. The summed E-state index contributed by atoms with van der Waals surface area (Å²) in [4.78, 5) is 15.0. The number of amides is 1. The van der Waals surface area contributed by atoms with E-state index in [1.54, 1.807) is 12.3 Å². The minimum Gasteiger partial charge on any atom is -0.381 e. The van der Waals surface area contributed by atoms with Crippen molar-refractivity contribution in [3.05, 3.63) is 35.4 Å². The molecule has 2 heterocycles. The first kappa shape index (κ1) is 19.5. The van der Waals surface area contributed by atoms with Gasteiger partial charge in [0.05, 0.1) is 19.8 Å². The predicted molar refractivity (Wildman–Crippen MR) is 102 cm³/mol. The number of hydrogen-bond acceptors (Lipinski definition) is 5. The van der Waals surface area contributed by atoms with E-state index in [-0.39, 0.29) is 11.9 Å². The van der Waals surface area contributed by atoms with Gasteiger partial charge in [-0.25, -0.2) is 0 Å². The molecule has 7 heteroatoms. The zero-order valence-corrected chi connectivity index (χ0v) is 16.1. The highest BCUT2D eigenvalue weighted by Gasteiger charge is 2.31. The van der Waals surface area contributed by atoms with Gasteiger partial charge in [-0.05, 0) is 24.1 Å². The van der Waals surface area contributed by atoms with Crippen molar-refractivity contribution in [2.24, 2.45) is 5.92 Å². The highest BCUT2D eigenvalue weighted by Crippen LogP contribution is 2.22. The third-order valence-electron chi connectivity index (χ3n) is 5.05. The van der Waals surface area contributed by atoms with Gasteiger partial charge in [-0.15, -0.1) is 0 Å². The first-order valence-corrected chi connectivity index (χ1v) is 10.9. The molecule has 0 aliphatic carbocycles. The van der Waals surface area contributed by atoms with Crippen LogP contribution >= 0.6 is 0 Å². The van der Waals surface area contributed by atoms with Gasteiger partial charge in [-0.2, -0.15) is 0 Å². The monoisotopic (exact) mass is 380 g/mol. The number of carbonyl (C=O) groups is 1. The lowest BCUT2D eigenvalue weighted by molar-refractivity contribution is 0.00166. The van der Waals surface area contributed by atoms with Crippen LogP contribution in [0.15, 0.2) is 24.3 Å². The second-order valence-corrected chi connectivity index (χ2v) is 8.40. The summed E-state index contributed by atoms with van der Waals surface area (Å²) >= 11 is 0. The first-order valence-electron chi connectivity index (χ1n) is 9.20. The van der Waals surface area contributed by atoms with Crippen LogP contribution in [0.5, 0.6) is 0 Å². The molecule has 2 aliphatic heterocycles. The maximum absolute atomic E-state index is 12.6. The number of benzene rings is 1. The van der Waals surface area contributed by atoms with Gasteiger partial charge in [-0.1, -0.05) is 12.1 Å². The molecule has 0 radical (unpaired) electrons. The number of nitrogens with zero attached hydrogens (tertiary/aromatic N) is 1. The minimum absolute atomic E-state index is 0.0779. The summed E-state index contributed by atoms with van der Waals surface area (Å²) in [7, 11) is -0.918. The molecule has 3 unspecified atom stereocenters. The summed E-state index contributed by atoms with van der Waals surface area (Å²) in [5.41, 5.74) is 1.55. The van der Waals surface area contributed by atoms with Gasteiger partial charge >= 0.3 is 0 Å². The smallest absolute Gasteiger partial charge is 0.251 e. The van der Waals surface area contributed by atoms with Crippen molar-refractivity contribution in [3.63, 3.8) is 0 Å². The van der Waals surface area contributed by atoms with Crippen molar-refractivity contribution >= 4 is 16.7 Å². The van der Waals surface area contributed by atoms with Gasteiger partial charge < -0.3 is 14.8 Å². The molecule has 0 saturated carbocycles. The quantitative estimate of drug-likeness (QED) is 0.765. The van der Waals surface area contributed by atoms with E-state index in [4.69, 9.17) is 9.47 Å². The summed E-state index contributed by atoms with van der Waals surface area (Å²) in [6, 6.07) is 7.67. The van der Waals surface area contributed by atoms with Crippen LogP contribution in [0.1, 0.15) is 22.3 Å². The molecule has 0 bridgehead atoms. The third-order valence-corrected chi connectivity index (χ3v) is 5.79. The number of nitrogens with one attached hydrogen (secondary N) is 1. The van der Waals surface area contributed by atoms with E-state index in [9.17, 15) is 9.00 Å². The summed E-state index contributed by atoms with van der Waals surface area (Å²) in [6.07, 6.45) is 2.71. The third kappa shape index (κ3) is 5.36. The maximum atomic E-state index is 12.6. The molecular weight excluding hydrogens is 352 g/mol. The van der Waals surface area contributed by atoms with Crippen molar-refractivity contribution in [2.45, 2.75) is 18.2 Å². The predicted octanol–water partition coefficient (Wildman–Crippen LogP) is 1.03. The summed E-state index contributed by atoms with van der Waals surface area (Å²) < 4.78 is 22.5. The topological polar surface area (TPSA) is 67.9 Å². The lowest BCUT2D eigenvalue weighted by atomic mass is 9.96. The van der Waals surface area contributed by atoms with Gasteiger partial charge in [0.2, 0.25) is 0 Å². The Labute approximate surface area is 157 Å². The maximum Gasteiger partial charge on any atom is 0.251 e. The Hall–Kier alpha value is -1.28. The number of rotatable bonds is 7. The van der Waals surface area contributed by atoms with Crippen LogP contribution in [-0.4, -0.2) is 73.4 Å². The molecule has 2 saturated heterocycles. The van der Waals surface area contributed by atoms with E-state index in [1.165, 1.54) is 0 Å². The number of morpholine rings is 1. The van der Waals surface area contributed by atoms with Crippen LogP contribution in [0.4, 0.5) is 0 Å². The molecule has 3 rings (SSSR count). The molecule has 26 heavy (non-hydrogen) atoms. The molecule has 3 atom stereocenters. The van der Waals surface area contributed by atoms with E-state index >= 15 is 0 Å². The molecule has 6 nitrogen and oxygen atoms in total. The Morgan fingerprint density at radius 3 is 2.81 bits per heavy atom.